The van der Waals surface area contributed by atoms with E-state index in [9.17, 15) is 14.4 Å². The number of rotatable bonds is 7. The zero-order valence-corrected chi connectivity index (χ0v) is 20.5. The third-order valence-electron chi connectivity index (χ3n) is 6.27. The minimum atomic E-state index is -0.861. The van der Waals surface area contributed by atoms with Gasteiger partial charge in [-0.2, -0.15) is 0 Å². The van der Waals surface area contributed by atoms with Gasteiger partial charge in [0.25, 0.3) is 5.91 Å². The van der Waals surface area contributed by atoms with Crippen LogP contribution in [0, 0.1) is 6.92 Å². The minimum Gasteiger partial charge on any atom is -0.438 e. The molecule has 184 valence electrons. The summed E-state index contributed by atoms with van der Waals surface area (Å²) in [6.07, 6.45) is 0.440. The molecule has 2 unspecified atom stereocenters. The SMILES string of the molecule is Cc1cccc(C(=O)Nc2cccc(C3OC(=O)N(Cc4cccc(Cl)c4)C3C(=O)NC3CC3)c2)c1. The van der Waals surface area contributed by atoms with Crippen LogP contribution in [0.4, 0.5) is 10.5 Å². The number of amides is 3. The summed E-state index contributed by atoms with van der Waals surface area (Å²) in [5.74, 6) is -0.505. The molecule has 0 radical (unpaired) electrons. The van der Waals surface area contributed by atoms with E-state index in [1.165, 1.54) is 4.90 Å². The molecule has 1 saturated carbocycles. The third-order valence-corrected chi connectivity index (χ3v) is 6.51. The quantitative estimate of drug-likeness (QED) is 0.461. The fourth-order valence-corrected chi connectivity index (χ4v) is 4.55. The summed E-state index contributed by atoms with van der Waals surface area (Å²) in [5, 5.41) is 6.45. The average Bonchev–Trinajstić information content (AvgIpc) is 3.61. The van der Waals surface area contributed by atoms with Crippen LogP contribution in [0.25, 0.3) is 0 Å². The van der Waals surface area contributed by atoms with E-state index >= 15 is 0 Å². The van der Waals surface area contributed by atoms with Crippen molar-refractivity contribution in [2.24, 2.45) is 0 Å². The molecule has 3 aromatic rings. The highest BCUT2D eigenvalue weighted by atomic mass is 35.5. The van der Waals surface area contributed by atoms with Gasteiger partial charge in [-0.25, -0.2) is 4.79 Å². The first kappa shape index (κ1) is 23.9. The molecule has 3 amide bonds. The van der Waals surface area contributed by atoms with Gasteiger partial charge in [-0.1, -0.05) is 53.6 Å². The van der Waals surface area contributed by atoms with Crippen molar-refractivity contribution in [3.05, 3.63) is 100 Å². The number of carbonyl (C=O) groups is 3. The highest BCUT2D eigenvalue weighted by Crippen LogP contribution is 2.36. The fourth-order valence-electron chi connectivity index (χ4n) is 4.34. The first-order valence-electron chi connectivity index (χ1n) is 11.9. The molecule has 36 heavy (non-hydrogen) atoms. The Morgan fingerprint density at radius 2 is 1.81 bits per heavy atom. The van der Waals surface area contributed by atoms with Gasteiger partial charge in [0.2, 0.25) is 5.91 Å². The number of carbonyl (C=O) groups excluding carboxylic acids is 3. The number of anilines is 1. The van der Waals surface area contributed by atoms with Crippen LogP contribution >= 0.6 is 11.6 Å². The summed E-state index contributed by atoms with van der Waals surface area (Å²) in [6, 6.07) is 20.8. The molecule has 1 aliphatic heterocycles. The summed E-state index contributed by atoms with van der Waals surface area (Å²) in [5.41, 5.74) is 3.49. The Labute approximate surface area is 214 Å². The lowest BCUT2D eigenvalue weighted by Gasteiger charge is -2.24. The molecule has 2 atom stereocenters. The summed E-state index contributed by atoms with van der Waals surface area (Å²) in [4.78, 5) is 40.4. The third kappa shape index (κ3) is 5.36. The maximum atomic E-state index is 13.3. The maximum absolute atomic E-state index is 13.3. The Morgan fingerprint density at radius 3 is 2.56 bits per heavy atom. The van der Waals surface area contributed by atoms with Crippen molar-refractivity contribution in [1.82, 2.24) is 10.2 Å². The van der Waals surface area contributed by atoms with Crippen LogP contribution in [-0.4, -0.2) is 34.9 Å². The second-order valence-corrected chi connectivity index (χ2v) is 9.68. The average molecular weight is 504 g/mol. The van der Waals surface area contributed by atoms with E-state index in [2.05, 4.69) is 10.6 Å². The number of halogens is 1. The van der Waals surface area contributed by atoms with Crippen molar-refractivity contribution in [2.45, 2.75) is 44.5 Å². The number of ether oxygens (including phenoxy) is 1. The van der Waals surface area contributed by atoms with Crippen molar-refractivity contribution in [2.75, 3.05) is 5.32 Å². The van der Waals surface area contributed by atoms with E-state index in [1.54, 1.807) is 48.5 Å². The van der Waals surface area contributed by atoms with Crippen molar-refractivity contribution in [1.29, 1.82) is 0 Å². The normalized spacial score (nSPS) is 19.1. The largest absolute Gasteiger partial charge is 0.438 e. The van der Waals surface area contributed by atoms with E-state index in [0.29, 0.717) is 21.8 Å². The van der Waals surface area contributed by atoms with Gasteiger partial charge < -0.3 is 15.4 Å². The lowest BCUT2D eigenvalue weighted by Crippen LogP contribution is -2.46. The van der Waals surface area contributed by atoms with Crippen molar-refractivity contribution in [3.8, 4) is 0 Å². The molecule has 8 heteroatoms. The molecule has 7 nitrogen and oxygen atoms in total. The van der Waals surface area contributed by atoms with Crippen LogP contribution in [0.5, 0.6) is 0 Å². The van der Waals surface area contributed by atoms with Crippen LogP contribution in [0.1, 0.15) is 46.0 Å². The van der Waals surface area contributed by atoms with Gasteiger partial charge in [-0.3, -0.25) is 14.5 Å². The molecule has 1 aliphatic carbocycles. The maximum Gasteiger partial charge on any atom is 0.411 e. The molecule has 1 heterocycles. The molecule has 0 bridgehead atoms. The zero-order valence-electron chi connectivity index (χ0n) is 19.7. The molecular formula is C28H26ClN3O4. The Kier molecular flexibility index (Phi) is 6.65. The monoisotopic (exact) mass is 503 g/mol. The number of nitrogens with zero attached hydrogens (tertiary/aromatic N) is 1. The Bertz CT molecular complexity index is 1320. The number of hydrogen-bond acceptors (Lipinski definition) is 4. The van der Waals surface area contributed by atoms with Crippen LogP contribution in [0.3, 0.4) is 0 Å². The fraction of sp³-hybridized carbons (Fsp3) is 0.250. The number of hydrogen-bond donors (Lipinski definition) is 2. The van der Waals surface area contributed by atoms with E-state index in [-0.39, 0.29) is 24.4 Å². The van der Waals surface area contributed by atoms with E-state index in [4.69, 9.17) is 16.3 Å². The van der Waals surface area contributed by atoms with E-state index < -0.39 is 18.2 Å². The predicted molar refractivity (Wildman–Crippen MR) is 137 cm³/mol. The lowest BCUT2D eigenvalue weighted by molar-refractivity contribution is -0.126. The highest BCUT2D eigenvalue weighted by Gasteiger charge is 2.48. The summed E-state index contributed by atoms with van der Waals surface area (Å²) >= 11 is 6.13. The number of cyclic esters (lactones) is 1. The van der Waals surface area contributed by atoms with Gasteiger partial charge in [0.05, 0.1) is 6.54 Å². The van der Waals surface area contributed by atoms with Gasteiger partial charge in [0.15, 0.2) is 12.1 Å². The minimum absolute atomic E-state index is 0.127. The smallest absolute Gasteiger partial charge is 0.411 e. The lowest BCUT2D eigenvalue weighted by atomic mass is 10.00. The van der Waals surface area contributed by atoms with Gasteiger partial charge >= 0.3 is 6.09 Å². The summed E-state index contributed by atoms with van der Waals surface area (Å²) < 4.78 is 5.74. The van der Waals surface area contributed by atoms with Crippen LogP contribution in [0.15, 0.2) is 72.8 Å². The number of benzene rings is 3. The topological polar surface area (TPSA) is 87.7 Å². The van der Waals surface area contributed by atoms with Crippen LogP contribution in [0.2, 0.25) is 5.02 Å². The van der Waals surface area contributed by atoms with Gasteiger partial charge in [-0.15, -0.1) is 0 Å². The molecule has 0 spiro atoms. The van der Waals surface area contributed by atoms with E-state index in [1.807, 2.05) is 31.2 Å². The van der Waals surface area contributed by atoms with Gasteiger partial charge in [0, 0.05) is 22.3 Å². The van der Waals surface area contributed by atoms with E-state index in [0.717, 1.165) is 24.0 Å². The van der Waals surface area contributed by atoms with Gasteiger partial charge in [0.1, 0.15) is 0 Å². The Hall–Kier alpha value is -3.84. The first-order chi connectivity index (χ1) is 17.4. The molecule has 2 N–H and O–H groups in total. The van der Waals surface area contributed by atoms with Crippen molar-refractivity contribution >= 4 is 35.2 Å². The molecule has 3 aromatic carbocycles. The Balaban J connectivity index is 1.41. The summed E-state index contributed by atoms with van der Waals surface area (Å²) in [6.45, 7) is 2.11. The highest BCUT2D eigenvalue weighted by molar-refractivity contribution is 6.30. The van der Waals surface area contributed by atoms with Gasteiger partial charge in [-0.05, 0) is 67.3 Å². The van der Waals surface area contributed by atoms with Crippen LogP contribution < -0.4 is 10.6 Å². The molecule has 5 rings (SSSR count). The summed E-state index contributed by atoms with van der Waals surface area (Å²) in [7, 11) is 0. The zero-order chi connectivity index (χ0) is 25.2. The second-order valence-electron chi connectivity index (χ2n) is 9.24. The Morgan fingerprint density at radius 1 is 1.03 bits per heavy atom. The molecule has 1 saturated heterocycles. The van der Waals surface area contributed by atoms with Crippen molar-refractivity contribution in [3.63, 3.8) is 0 Å². The molecule has 0 aromatic heterocycles. The first-order valence-corrected chi connectivity index (χ1v) is 12.3. The standard InChI is InChI=1S/C28H26ClN3O4/c1-17-5-2-8-20(13-17)26(33)31-23-10-4-7-19(15-23)25-24(27(34)30-22-11-12-22)32(28(35)36-25)16-18-6-3-9-21(29)14-18/h2-10,13-15,22,24-25H,11-12,16H2,1H3,(H,30,34)(H,31,33). The number of nitrogens with one attached hydrogen (secondary N) is 2. The predicted octanol–water partition coefficient (Wildman–Crippen LogP) is 5.24. The second kappa shape index (κ2) is 10.0. The number of aryl methyl sites for hydroxylation is 1. The van der Waals surface area contributed by atoms with Crippen molar-refractivity contribution < 1.29 is 19.1 Å². The molecule has 2 aliphatic rings. The molecular weight excluding hydrogens is 478 g/mol. The van der Waals surface area contributed by atoms with Crippen LogP contribution in [-0.2, 0) is 16.1 Å². The molecule has 2 fully saturated rings.